The number of unbranched alkanes of at least 4 members (excludes halogenated alkanes) is 1. The molecule has 0 saturated heterocycles. The quantitative estimate of drug-likeness (QED) is 0.335. The summed E-state index contributed by atoms with van der Waals surface area (Å²) in [6.07, 6.45) is 4.14. The van der Waals surface area contributed by atoms with E-state index in [1.54, 1.807) is 0 Å². The van der Waals surface area contributed by atoms with Gasteiger partial charge in [-0.05, 0) is 45.3 Å². The van der Waals surface area contributed by atoms with Gasteiger partial charge >= 0.3 is 0 Å². The zero-order valence-electron chi connectivity index (χ0n) is 16.3. The van der Waals surface area contributed by atoms with Gasteiger partial charge in [-0.1, -0.05) is 38.6 Å². The third-order valence-corrected chi connectivity index (χ3v) is 4.60. The molecule has 5 heteroatoms. The largest absolute Gasteiger partial charge is 0.329 e. The van der Waals surface area contributed by atoms with Crippen molar-refractivity contribution in [2.75, 3.05) is 37.5 Å². The Morgan fingerprint density at radius 3 is 2.58 bits per heavy atom. The summed E-state index contributed by atoms with van der Waals surface area (Å²) in [5, 5.41) is 13.2. The highest BCUT2D eigenvalue weighted by atomic mass is 15.4. The van der Waals surface area contributed by atoms with E-state index in [2.05, 4.69) is 36.4 Å². The summed E-state index contributed by atoms with van der Waals surface area (Å²) >= 11 is 0. The Labute approximate surface area is 157 Å². The molecule has 5 nitrogen and oxygen atoms in total. The van der Waals surface area contributed by atoms with Crippen molar-refractivity contribution < 1.29 is 0 Å². The molecule has 0 amide bonds. The van der Waals surface area contributed by atoms with E-state index in [1.807, 2.05) is 61.3 Å². The first-order chi connectivity index (χ1) is 12.4. The standard InChI is InChI=1S/C21H29N5/c1-7-8-13-23-21(24(4)5)14-18(15-22)16(2)26-17(3)25(6)19-11-9-10-12-20(19)26/h9-12,14,21,23H,2-3,7-8,13H2,1,4-6H3/b18-14-. The van der Waals surface area contributed by atoms with E-state index in [4.69, 9.17) is 0 Å². The van der Waals surface area contributed by atoms with Crippen molar-refractivity contribution in [3.63, 3.8) is 0 Å². The molecule has 1 heterocycles. The number of allylic oxidation sites excluding steroid dienone is 1. The molecule has 0 saturated carbocycles. The SMILES string of the molecule is C=C(/C(C#N)=C\C(NCCCC)N(C)C)N1C(=C)N(C)c2ccccc21. The molecule has 1 aromatic carbocycles. The Balaban J connectivity index is 2.30. The molecule has 1 atom stereocenters. The number of fused-ring (bicyclic) bond motifs is 1. The molecule has 138 valence electrons. The molecule has 1 aromatic rings. The van der Waals surface area contributed by atoms with Crippen LogP contribution in [0.4, 0.5) is 11.4 Å². The van der Waals surface area contributed by atoms with Crippen LogP contribution in [-0.2, 0) is 0 Å². The fraction of sp³-hybridized carbons (Fsp3) is 0.381. The van der Waals surface area contributed by atoms with Crippen LogP contribution in [0.25, 0.3) is 0 Å². The first-order valence-electron chi connectivity index (χ1n) is 8.95. The fourth-order valence-corrected chi connectivity index (χ4v) is 2.96. The maximum atomic E-state index is 9.76. The van der Waals surface area contributed by atoms with Crippen molar-refractivity contribution >= 4 is 11.4 Å². The Bertz CT molecular complexity index is 741. The predicted octanol–water partition coefficient (Wildman–Crippen LogP) is 3.66. The van der Waals surface area contributed by atoms with Gasteiger partial charge in [0, 0.05) is 7.05 Å². The summed E-state index contributed by atoms with van der Waals surface area (Å²) in [5.74, 6) is 0.790. The minimum Gasteiger partial charge on any atom is -0.329 e. The average Bonchev–Trinajstić information content (AvgIpc) is 2.88. The fourth-order valence-electron chi connectivity index (χ4n) is 2.96. The summed E-state index contributed by atoms with van der Waals surface area (Å²) in [6, 6.07) is 10.4. The molecule has 1 unspecified atom stereocenters. The molecule has 0 radical (unpaired) electrons. The van der Waals surface area contributed by atoms with Gasteiger partial charge in [0.05, 0.1) is 28.8 Å². The van der Waals surface area contributed by atoms with Crippen LogP contribution in [-0.4, -0.2) is 38.8 Å². The molecule has 1 N–H and O–H groups in total. The molecule has 0 spiro atoms. The minimum atomic E-state index is -0.0307. The molecule has 0 aromatic heterocycles. The first-order valence-corrected chi connectivity index (χ1v) is 8.95. The summed E-state index contributed by atoms with van der Waals surface area (Å²) < 4.78 is 0. The second-order valence-electron chi connectivity index (χ2n) is 6.65. The smallest absolute Gasteiger partial charge is 0.110 e. The highest BCUT2D eigenvalue weighted by molar-refractivity contribution is 5.85. The van der Waals surface area contributed by atoms with Gasteiger partial charge in [0.15, 0.2) is 0 Å². The lowest BCUT2D eigenvalue weighted by atomic mass is 10.1. The zero-order valence-corrected chi connectivity index (χ0v) is 16.3. The van der Waals surface area contributed by atoms with Gasteiger partial charge < -0.3 is 4.90 Å². The molecule has 26 heavy (non-hydrogen) atoms. The van der Waals surface area contributed by atoms with Crippen LogP contribution in [0.2, 0.25) is 0 Å². The Morgan fingerprint density at radius 1 is 1.35 bits per heavy atom. The van der Waals surface area contributed by atoms with Gasteiger partial charge in [-0.2, -0.15) is 5.26 Å². The second kappa shape index (κ2) is 8.70. The van der Waals surface area contributed by atoms with Crippen molar-refractivity contribution in [2.24, 2.45) is 0 Å². The molecule has 1 aliphatic heterocycles. The number of rotatable bonds is 8. The number of benzene rings is 1. The Kier molecular flexibility index (Phi) is 6.62. The van der Waals surface area contributed by atoms with Crippen molar-refractivity contribution in [1.82, 2.24) is 10.2 Å². The van der Waals surface area contributed by atoms with E-state index in [0.29, 0.717) is 11.3 Å². The summed E-state index contributed by atoms with van der Waals surface area (Å²) in [7, 11) is 5.96. The van der Waals surface area contributed by atoms with Crippen molar-refractivity contribution in [3.8, 4) is 6.07 Å². The van der Waals surface area contributed by atoms with Crippen molar-refractivity contribution in [1.29, 1.82) is 5.26 Å². The van der Waals surface area contributed by atoms with E-state index >= 15 is 0 Å². The topological polar surface area (TPSA) is 45.5 Å². The zero-order chi connectivity index (χ0) is 19.3. The van der Waals surface area contributed by atoms with E-state index < -0.39 is 0 Å². The number of likely N-dealkylation sites (N-methyl/N-ethyl adjacent to an activating group) is 1. The van der Waals surface area contributed by atoms with Gasteiger partial charge in [0.25, 0.3) is 0 Å². The van der Waals surface area contributed by atoms with Crippen LogP contribution in [0.1, 0.15) is 19.8 Å². The normalized spacial score (nSPS) is 15.2. The van der Waals surface area contributed by atoms with Gasteiger partial charge in [0.2, 0.25) is 0 Å². The first kappa shape index (κ1) is 19.8. The summed E-state index contributed by atoms with van der Waals surface area (Å²) in [6.45, 7) is 11.4. The van der Waals surface area contributed by atoms with Gasteiger partial charge in [-0.15, -0.1) is 0 Å². The van der Waals surface area contributed by atoms with E-state index in [0.717, 1.165) is 36.6 Å². The monoisotopic (exact) mass is 351 g/mol. The highest BCUT2D eigenvalue weighted by Crippen LogP contribution is 2.42. The van der Waals surface area contributed by atoms with E-state index in [-0.39, 0.29) is 6.17 Å². The lowest BCUT2D eigenvalue weighted by molar-refractivity contribution is 0.293. The summed E-state index contributed by atoms with van der Waals surface area (Å²) in [4.78, 5) is 6.01. The highest BCUT2D eigenvalue weighted by Gasteiger charge is 2.30. The number of hydrogen-bond donors (Lipinski definition) is 1. The number of anilines is 2. The van der Waals surface area contributed by atoms with Crippen LogP contribution in [0.15, 0.2) is 60.6 Å². The third-order valence-electron chi connectivity index (χ3n) is 4.60. The number of hydrogen-bond acceptors (Lipinski definition) is 5. The van der Waals surface area contributed by atoms with Gasteiger partial charge in [-0.3, -0.25) is 15.1 Å². The molecular formula is C21H29N5. The molecule has 1 aliphatic rings. The van der Waals surface area contributed by atoms with E-state index in [1.165, 1.54) is 0 Å². The van der Waals surface area contributed by atoms with E-state index in [9.17, 15) is 5.26 Å². The molecule has 0 bridgehead atoms. The molecule has 0 fully saturated rings. The number of para-hydroxylation sites is 2. The Hall–Kier alpha value is -2.55. The van der Waals surface area contributed by atoms with Crippen LogP contribution < -0.4 is 15.1 Å². The summed E-state index contributed by atoms with van der Waals surface area (Å²) in [5.41, 5.74) is 3.23. The maximum Gasteiger partial charge on any atom is 0.110 e. The lowest BCUT2D eigenvalue weighted by Gasteiger charge is -2.26. The maximum absolute atomic E-state index is 9.76. The third kappa shape index (κ3) is 3.98. The average molecular weight is 351 g/mol. The second-order valence-corrected chi connectivity index (χ2v) is 6.65. The van der Waals surface area contributed by atoms with Gasteiger partial charge in [0.1, 0.15) is 11.9 Å². The van der Waals surface area contributed by atoms with Gasteiger partial charge in [-0.25, -0.2) is 0 Å². The van der Waals surface area contributed by atoms with Crippen molar-refractivity contribution in [3.05, 3.63) is 60.6 Å². The van der Waals surface area contributed by atoms with Crippen molar-refractivity contribution in [2.45, 2.75) is 25.9 Å². The number of nitrogens with zero attached hydrogens (tertiary/aromatic N) is 4. The van der Waals surface area contributed by atoms with Crippen LogP contribution >= 0.6 is 0 Å². The number of nitrogens with one attached hydrogen (secondary N) is 1. The Morgan fingerprint density at radius 2 is 2.00 bits per heavy atom. The van der Waals surface area contributed by atoms with Crippen LogP contribution in [0.3, 0.4) is 0 Å². The molecule has 0 aliphatic carbocycles. The lowest BCUT2D eigenvalue weighted by Crippen LogP contribution is -2.40. The number of nitriles is 1. The predicted molar refractivity (Wildman–Crippen MR) is 110 cm³/mol. The molecular weight excluding hydrogens is 322 g/mol. The van der Waals surface area contributed by atoms with Crippen LogP contribution in [0.5, 0.6) is 0 Å². The minimum absolute atomic E-state index is 0.0307. The van der Waals surface area contributed by atoms with Crippen LogP contribution in [0, 0.1) is 11.3 Å². The molecule has 2 rings (SSSR count).